The highest BCUT2D eigenvalue weighted by Gasteiger charge is 2.41. The van der Waals surface area contributed by atoms with E-state index in [9.17, 15) is 9.59 Å². The van der Waals surface area contributed by atoms with E-state index < -0.39 is 6.04 Å². The molecule has 0 radical (unpaired) electrons. The van der Waals surface area contributed by atoms with Crippen LogP contribution in [0.3, 0.4) is 0 Å². The molecule has 2 atom stereocenters. The molecule has 4 aromatic rings. The molecule has 1 amide bonds. The second-order valence-electron chi connectivity index (χ2n) is 9.97. The Bertz CT molecular complexity index is 1560. The van der Waals surface area contributed by atoms with Gasteiger partial charge in [-0.2, -0.15) is 0 Å². The number of carbonyl (C=O) groups excluding carboxylic acids is 2. The summed E-state index contributed by atoms with van der Waals surface area (Å²) < 4.78 is 0. The fourth-order valence-corrected chi connectivity index (χ4v) is 5.80. The van der Waals surface area contributed by atoms with E-state index in [1.54, 1.807) is 4.90 Å². The van der Waals surface area contributed by atoms with Gasteiger partial charge in [0.2, 0.25) is 0 Å². The lowest BCUT2D eigenvalue weighted by Gasteiger charge is -2.35. The Morgan fingerprint density at radius 2 is 1.58 bits per heavy atom. The number of anilines is 2. The van der Waals surface area contributed by atoms with Crippen molar-refractivity contribution in [2.75, 3.05) is 10.2 Å². The SMILES string of the molecule is Cc1ccc([C@@H]2CC(=O)C3=C(C2)Nc2ccccc2N(C(=O)c2ccccc2)[C@H]3c2cccc(Cl)c2)cc1. The van der Waals surface area contributed by atoms with Crippen molar-refractivity contribution in [1.29, 1.82) is 0 Å². The summed E-state index contributed by atoms with van der Waals surface area (Å²) in [4.78, 5) is 30.1. The van der Waals surface area contributed by atoms with Gasteiger partial charge in [-0.1, -0.05) is 83.9 Å². The van der Waals surface area contributed by atoms with Crippen LogP contribution in [-0.4, -0.2) is 11.7 Å². The maximum atomic E-state index is 14.2. The zero-order chi connectivity index (χ0) is 26.2. The minimum absolute atomic E-state index is 0.0352. The van der Waals surface area contributed by atoms with Gasteiger partial charge in [-0.25, -0.2) is 0 Å². The number of aryl methyl sites for hydroxylation is 1. The Balaban J connectivity index is 1.56. The Labute approximate surface area is 227 Å². The first kappa shape index (κ1) is 24.2. The molecule has 1 aliphatic carbocycles. The first-order chi connectivity index (χ1) is 18.5. The van der Waals surface area contributed by atoms with Gasteiger partial charge in [0, 0.05) is 28.3 Å². The average molecular weight is 519 g/mol. The molecule has 38 heavy (non-hydrogen) atoms. The molecule has 0 spiro atoms. The molecule has 2 aliphatic rings. The number of amides is 1. The fraction of sp³-hybridized carbons (Fsp3) is 0.152. The molecule has 6 rings (SSSR count). The maximum absolute atomic E-state index is 14.2. The van der Waals surface area contributed by atoms with E-state index in [1.807, 2.05) is 78.9 Å². The van der Waals surface area contributed by atoms with Gasteiger partial charge < -0.3 is 5.32 Å². The molecule has 0 fully saturated rings. The van der Waals surface area contributed by atoms with Crippen LogP contribution >= 0.6 is 11.6 Å². The lowest BCUT2D eigenvalue weighted by atomic mass is 9.78. The van der Waals surface area contributed by atoms with Gasteiger partial charge in [0.05, 0.1) is 17.4 Å². The predicted molar refractivity (Wildman–Crippen MR) is 153 cm³/mol. The van der Waals surface area contributed by atoms with Gasteiger partial charge in [-0.3, -0.25) is 14.5 Å². The van der Waals surface area contributed by atoms with E-state index in [-0.39, 0.29) is 17.6 Å². The Morgan fingerprint density at radius 3 is 2.34 bits per heavy atom. The van der Waals surface area contributed by atoms with Crippen LogP contribution in [0.25, 0.3) is 0 Å². The van der Waals surface area contributed by atoms with Crippen molar-refractivity contribution in [3.05, 3.63) is 142 Å². The molecule has 0 saturated carbocycles. The highest BCUT2D eigenvalue weighted by Crippen LogP contribution is 2.48. The molecule has 188 valence electrons. The van der Waals surface area contributed by atoms with Gasteiger partial charge in [0.25, 0.3) is 5.91 Å². The molecule has 4 nitrogen and oxygen atoms in total. The summed E-state index contributed by atoms with van der Waals surface area (Å²) in [6.45, 7) is 2.06. The summed E-state index contributed by atoms with van der Waals surface area (Å²) >= 11 is 6.46. The smallest absolute Gasteiger partial charge is 0.259 e. The Morgan fingerprint density at radius 1 is 0.842 bits per heavy atom. The van der Waals surface area contributed by atoms with Crippen LogP contribution in [0, 0.1) is 6.92 Å². The number of para-hydroxylation sites is 2. The maximum Gasteiger partial charge on any atom is 0.259 e. The molecular weight excluding hydrogens is 492 g/mol. The minimum atomic E-state index is -0.626. The second-order valence-corrected chi connectivity index (χ2v) is 10.4. The summed E-state index contributed by atoms with van der Waals surface area (Å²) in [5, 5.41) is 4.14. The van der Waals surface area contributed by atoms with Crippen LogP contribution in [0.1, 0.15) is 51.8 Å². The zero-order valence-electron chi connectivity index (χ0n) is 21.0. The lowest BCUT2D eigenvalue weighted by Crippen LogP contribution is -2.38. The summed E-state index contributed by atoms with van der Waals surface area (Å²) in [5.74, 6) is -0.0853. The molecule has 1 aliphatic heterocycles. The monoisotopic (exact) mass is 518 g/mol. The topological polar surface area (TPSA) is 49.4 Å². The number of nitrogens with zero attached hydrogens (tertiary/aromatic N) is 1. The molecule has 5 heteroatoms. The van der Waals surface area contributed by atoms with Crippen molar-refractivity contribution in [2.45, 2.75) is 31.7 Å². The van der Waals surface area contributed by atoms with Gasteiger partial charge in [-0.15, -0.1) is 0 Å². The number of Topliss-reactive ketones (excluding diaryl/α,β-unsaturated/α-hetero) is 1. The number of rotatable bonds is 3. The summed E-state index contributed by atoms with van der Waals surface area (Å²) in [6.07, 6.45) is 1.05. The normalized spacial score (nSPS) is 18.8. The molecular formula is C33H27ClN2O2. The first-order valence-corrected chi connectivity index (χ1v) is 13.2. The zero-order valence-corrected chi connectivity index (χ0v) is 21.8. The Hall–Kier alpha value is -4.15. The fourth-order valence-electron chi connectivity index (χ4n) is 5.60. The third-order valence-corrected chi connectivity index (χ3v) is 7.68. The van der Waals surface area contributed by atoms with E-state index in [0.29, 0.717) is 29.0 Å². The van der Waals surface area contributed by atoms with E-state index in [1.165, 1.54) is 5.56 Å². The number of fused-ring (bicyclic) bond motifs is 1. The van der Waals surface area contributed by atoms with Crippen LogP contribution in [0.15, 0.2) is 114 Å². The highest BCUT2D eigenvalue weighted by molar-refractivity contribution is 6.30. The van der Waals surface area contributed by atoms with Crippen molar-refractivity contribution in [1.82, 2.24) is 0 Å². The minimum Gasteiger partial charge on any atom is -0.357 e. The first-order valence-electron chi connectivity index (χ1n) is 12.8. The highest BCUT2D eigenvalue weighted by atomic mass is 35.5. The van der Waals surface area contributed by atoms with Crippen molar-refractivity contribution < 1.29 is 9.59 Å². The van der Waals surface area contributed by atoms with E-state index in [2.05, 4.69) is 36.5 Å². The number of allylic oxidation sites excluding steroid dienone is 1. The predicted octanol–water partition coefficient (Wildman–Crippen LogP) is 7.86. The number of benzene rings is 4. The van der Waals surface area contributed by atoms with Crippen LogP contribution in [0.5, 0.6) is 0 Å². The largest absolute Gasteiger partial charge is 0.357 e. The van der Waals surface area contributed by atoms with Crippen LogP contribution < -0.4 is 10.2 Å². The number of carbonyl (C=O) groups is 2. The molecule has 4 aromatic carbocycles. The van der Waals surface area contributed by atoms with Crippen molar-refractivity contribution in [3.63, 3.8) is 0 Å². The number of nitrogens with one attached hydrogen (secondary N) is 1. The third kappa shape index (κ3) is 4.42. The van der Waals surface area contributed by atoms with Gasteiger partial charge >= 0.3 is 0 Å². The van der Waals surface area contributed by atoms with Crippen molar-refractivity contribution in [3.8, 4) is 0 Å². The van der Waals surface area contributed by atoms with E-state index >= 15 is 0 Å². The van der Waals surface area contributed by atoms with E-state index in [0.717, 1.165) is 28.2 Å². The average Bonchev–Trinajstić information content (AvgIpc) is 3.08. The molecule has 1 heterocycles. The number of halogens is 1. The van der Waals surface area contributed by atoms with Gasteiger partial charge in [0.15, 0.2) is 5.78 Å². The van der Waals surface area contributed by atoms with Crippen LogP contribution in [0.2, 0.25) is 5.02 Å². The van der Waals surface area contributed by atoms with Gasteiger partial charge in [-0.05, 0) is 66.8 Å². The molecule has 1 N–H and O–H groups in total. The lowest BCUT2D eigenvalue weighted by molar-refractivity contribution is -0.116. The van der Waals surface area contributed by atoms with E-state index in [4.69, 9.17) is 11.6 Å². The second kappa shape index (κ2) is 9.96. The van der Waals surface area contributed by atoms with Crippen LogP contribution in [0.4, 0.5) is 11.4 Å². The molecule has 0 unspecified atom stereocenters. The van der Waals surface area contributed by atoms with Gasteiger partial charge in [0.1, 0.15) is 0 Å². The standard InChI is InChI=1S/C33H27ClN2O2/c1-21-14-16-22(17-15-21)25-19-28-31(30(37)20-25)32(24-10-7-11-26(34)18-24)36(29-13-6-5-12-27(29)35-28)33(38)23-8-3-2-4-9-23/h2-18,25,32,35H,19-20H2,1H3/t25-,32-/m0/s1. The Kier molecular flexibility index (Phi) is 6.34. The van der Waals surface area contributed by atoms with Crippen molar-refractivity contribution >= 4 is 34.7 Å². The number of ketones is 1. The molecule has 0 aromatic heterocycles. The summed E-state index contributed by atoms with van der Waals surface area (Å²) in [5.41, 5.74) is 6.68. The van der Waals surface area contributed by atoms with Crippen molar-refractivity contribution in [2.24, 2.45) is 0 Å². The van der Waals surface area contributed by atoms with Crippen LogP contribution in [-0.2, 0) is 4.79 Å². The summed E-state index contributed by atoms with van der Waals surface area (Å²) in [7, 11) is 0. The quantitative estimate of drug-likeness (QED) is 0.300. The molecule has 0 saturated heterocycles. The molecule has 0 bridgehead atoms. The third-order valence-electron chi connectivity index (χ3n) is 7.44. The number of hydrogen-bond donors (Lipinski definition) is 1. The summed E-state index contributed by atoms with van der Waals surface area (Å²) in [6, 6.07) is 32.2. The number of hydrogen-bond acceptors (Lipinski definition) is 3.